The van der Waals surface area contributed by atoms with Gasteiger partial charge in [0.05, 0.1) is 0 Å². The molecule has 1 aromatic heterocycles. The van der Waals surface area contributed by atoms with Crippen molar-refractivity contribution in [3.63, 3.8) is 0 Å². The van der Waals surface area contributed by atoms with Crippen LogP contribution >= 0.6 is 0 Å². The molecule has 0 bridgehead atoms. The summed E-state index contributed by atoms with van der Waals surface area (Å²) < 4.78 is 0. The molecule has 20 heavy (non-hydrogen) atoms. The first-order valence-corrected chi connectivity index (χ1v) is 7.22. The fourth-order valence-electron chi connectivity index (χ4n) is 2.15. The Morgan fingerprint density at radius 3 is 2.55 bits per heavy atom. The summed E-state index contributed by atoms with van der Waals surface area (Å²) in [7, 11) is 0. The van der Waals surface area contributed by atoms with Crippen LogP contribution in [0.5, 0.6) is 0 Å². The third kappa shape index (κ3) is 2.98. The molecule has 3 nitrogen and oxygen atoms in total. The molecule has 0 aliphatic carbocycles. The highest BCUT2D eigenvalue weighted by atomic mass is 15.0. The van der Waals surface area contributed by atoms with Crippen molar-refractivity contribution in [1.29, 1.82) is 0 Å². The second-order valence-corrected chi connectivity index (χ2v) is 5.43. The lowest BCUT2D eigenvalue weighted by molar-refractivity contribution is 0.816. The van der Waals surface area contributed by atoms with Crippen LogP contribution in [0.2, 0.25) is 0 Å². The summed E-state index contributed by atoms with van der Waals surface area (Å²) in [4.78, 5) is 9.39. The van der Waals surface area contributed by atoms with Crippen LogP contribution in [-0.2, 0) is 0 Å². The van der Waals surface area contributed by atoms with E-state index in [-0.39, 0.29) is 0 Å². The van der Waals surface area contributed by atoms with Crippen molar-refractivity contribution < 1.29 is 0 Å². The van der Waals surface area contributed by atoms with Crippen LogP contribution in [0.4, 0.5) is 5.82 Å². The molecular weight excluding hydrogens is 246 g/mol. The molecule has 0 spiro atoms. The van der Waals surface area contributed by atoms with Crippen LogP contribution in [0.15, 0.2) is 24.3 Å². The Bertz CT molecular complexity index is 603. The highest BCUT2D eigenvalue weighted by Gasteiger charge is 2.11. The predicted octanol–water partition coefficient (Wildman–Crippen LogP) is 4.32. The van der Waals surface area contributed by atoms with Gasteiger partial charge in [-0.15, -0.1) is 0 Å². The Morgan fingerprint density at radius 1 is 1.15 bits per heavy atom. The zero-order valence-electron chi connectivity index (χ0n) is 13.0. The second-order valence-electron chi connectivity index (χ2n) is 5.43. The number of rotatable bonds is 4. The van der Waals surface area contributed by atoms with E-state index >= 15 is 0 Å². The van der Waals surface area contributed by atoms with Crippen molar-refractivity contribution in [3.05, 3.63) is 41.1 Å². The summed E-state index contributed by atoms with van der Waals surface area (Å²) in [5.74, 6) is 2.11. The minimum absolute atomic E-state index is 0.388. The maximum Gasteiger partial charge on any atom is 0.162 e. The molecule has 1 aromatic carbocycles. The van der Waals surface area contributed by atoms with Gasteiger partial charge in [0.2, 0.25) is 0 Å². The highest BCUT2D eigenvalue weighted by Crippen LogP contribution is 2.25. The monoisotopic (exact) mass is 269 g/mol. The summed E-state index contributed by atoms with van der Waals surface area (Å²) in [6.07, 6.45) is 0. The topological polar surface area (TPSA) is 37.8 Å². The van der Waals surface area contributed by atoms with Crippen LogP contribution in [0, 0.1) is 13.8 Å². The van der Waals surface area contributed by atoms with Gasteiger partial charge in [-0.2, -0.15) is 0 Å². The van der Waals surface area contributed by atoms with Gasteiger partial charge in [-0.05, 0) is 37.8 Å². The van der Waals surface area contributed by atoms with E-state index in [2.05, 4.69) is 63.1 Å². The van der Waals surface area contributed by atoms with Crippen molar-refractivity contribution in [2.75, 3.05) is 11.9 Å². The quantitative estimate of drug-likeness (QED) is 0.898. The molecule has 0 saturated heterocycles. The van der Waals surface area contributed by atoms with E-state index in [1.807, 2.05) is 6.07 Å². The van der Waals surface area contributed by atoms with Crippen molar-refractivity contribution >= 4 is 5.82 Å². The molecule has 0 aliphatic heterocycles. The van der Waals surface area contributed by atoms with E-state index in [1.165, 1.54) is 11.1 Å². The molecule has 0 unspecified atom stereocenters. The van der Waals surface area contributed by atoms with E-state index < -0.39 is 0 Å². The normalized spacial score (nSPS) is 10.9. The average Bonchev–Trinajstić information content (AvgIpc) is 2.42. The van der Waals surface area contributed by atoms with E-state index in [9.17, 15) is 0 Å². The molecule has 2 rings (SSSR count). The number of nitrogens with zero attached hydrogens (tertiary/aromatic N) is 2. The standard InChI is InChI=1S/C17H23N3/c1-6-18-16-10-15(11(2)3)19-17(20-16)14-9-7-8-12(4)13(14)5/h7-11H,6H2,1-5H3,(H,18,19,20). The van der Waals surface area contributed by atoms with E-state index in [0.717, 1.165) is 29.4 Å². The van der Waals surface area contributed by atoms with Crippen LogP contribution in [0.1, 0.15) is 43.5 Å². The van der Waals surface area contributed by atoms with Gasteiger partial charge < -0.3 is 5.32 Å². The van der Waals surface area contributed by atoms with E-state index in [4.69, 9.17) is 4.98 Å². The van der Waals surface area contributed by atoms with Gasteiger partial charge in [0.1, 0.15) is 5.82 Å². The second kappa shape index (κ2) is 6.04. The number of hydrogen-bond acceptors (Lipinski definition) is 3. The Kier molecular flexibility index (Phi) is 4.38. The van der Waals surface area contributed by atoms with Gasteiger partial charge in [-0.3, -0.25) is 0 Å². The van der Waals surface area contributed by atoms with Crippen LogP contribution in [-0.4, -0.2) is 16.5 Å². The first kappa shape index (κ1) is 14.5. The number of benzene rings is 1. The lowest BCUT2D eigenvalue weighted by Crippen LogP contribution is -2.05. The smallest absolute Gasteiger partial charge is 0.162 e. The molecule has 1 N–H and O–H groups in total. The summed E-state index contributed by atoms with van der Waals surface area (Å²) in [5.41, 5.74) is 4.71. The largest absolute Gasteiger partial charge is 0.370 e. The molecule has 2 aromatic rings. The summed E-state index contributed by atoms with van der Waals surface area (Å²) in [6.45, 7) is 11.5. The van der Waals surface area contributed by atoms with Crippen LogP contribution in [0.25, 0.3) is 11.4 Å². The fraction of sp³-hybridized carbons (Fsp3) is 0.412. The van der Waals surface area contributed by atoms with Crippen molar-refractivity contribution in [2.45, 2.75) is 40.5 Å². The van der Waals surface area contributed by atoms with Crippen molar-refractivity contribution in [1.82, 2.24) is 9.97 Å². The Labute approximate surface area is 121 Å². The third-order valence-electron chi connectivity index (χ3n) is 3.54. The molecule has 1 heterocycles. The Hall–Kier alpha value is -1.90. The lowest BCUT2D eigenvalue weighted by atomic mass is 10.0. The van der Waals surface area contributed by atoms with Crippen molar-refractivity contribution in [2.24, 2.45) is 0 Å². The lowest BCUT2D eigenvalue weighted by Gasteiger charge is -2.13. The van der Waals surface area contributed by atoms with Gasteiger partial charge in [0, 0.05) is 23.9 Å². The molecule has 0 atom stereocenters. The minimum atomic E-state index is 0.388. The fourth-order valence-corrected chi connectivity index (χ4v) is 2.15. The third-order valence-corrected chi connectivity index (χ3v) is 3.54. The van der Waals surface area contributed by atoms with Crippen LogP contribution < -0.4 is 5.32 Å². The van der Waals surface area contributed by atoms with Gasteiger partial charge >= 0.3 is 0 Å². The van der Waals surface area contributed by atoms with Crippen LogP contribution in [0.3, 0.4) is 0 Å². The van der Waals surface area contributed by atoms with E-state index in [0.29, 0.717) is 5.92 Å². The molecule has 0 fully saturated rings. The number of nitrogens with one attached hydrogen (secondary N) is 1. The summed E-state index contributed by atoms with van der Waals surface area (Å²) in [5, 5.41) is 3.30. The first-order valence-electron chi connectivity index (χ1n) is 7.22. The first-order chi connectivity index (χ1) is 9.52. The molecule has 3 heteroatoms. The maximum atomic E-state index is 4.74. The zero-order chi connectivity index (χ0) is 14.7. The zero-order valence-corrected chi connectivity index (χ0v) is 13.0. The summed E-state index contributed by atoms with van der Waals surface area (Å²) in [6, 6.07) is 8.33. The van der Waals surface area contributed by atoms with Gasteiger partial charge in [-0.25, -0.2) is 9.97 Å². The average molecular weight is 269 g/mol. The molecule has 0 saturated carbocycles. The highest BCUT2D eigenvalue weighted by molar-refractivity contribution is 5.63. The number of aryl methyl sites for hydroxylation is 1. The van der Waals surface area contributed by atoms with Gasteiger partial charge in [0.25, 0.3) is 0 Å². The SMILES string of the molecule is CCNc1cc(C(C)C)nc(-c2cccc(C)c2C)n1. The number of hydrogen-bond donors (Lipinski definition) is 1. The number of aromatic nitrogens is 2. The molecular formula is C17H23N3. The molecule has 0 amide bonds. The summed E-state index contributed by atoms with van der Waals surface area (Å²) >= 11 is 0. The van der Waals surface area contributed by atoms with Gasteiger partial charge in [-0.1, -0.05) is 32.0 Å². The maximum absolute atomic E-state index is 4.74. The van der Waals surface area contributed by atoms with Crippen molar-refractivity contribution in [3.8, 4) is 11.4 Å². The molecule has 106 valence electrons. The van der Waals surface area contributed by atoms with E-state index in [1.54, 1.807) is 0 Å². The minimum Gasteiger partial charge on any atom is -0.370 e. The molecule has 0 radical (unpaired) electrons. The van der Waals surface area contributed by atoms with Gasteiger partial charge in [0.15, 0.2) is 5.82 Å². The predicted molar refractivity (Wildman–Crippen MR) is 85.2 cm³/mol. The Morgan fingerprint density at radius 2 is 1.90 bits per heavy atom. The Balaban J connectivity index is 2.57. The number of anilines is 1. The molecule has 0 aliphatic rings.